The first-order chi connectivity index (χ1) is 16.3. The highest BCUT2D eigenvalue weighted by Crippen LogP contribution is 2.39. The highest BCUT2D eigenvalue weighted by atomic mass is 127. The van der Waals surface area contributed by atoms with Gasteiger partial charge in [-0.25, -0.2) is 14.2 Å². The van der Waals surface area contributed by atoms with Crippen LogP contribution in [0.15, 0.2) is 53.3 Å². The number of H-pyrrole nitrogens is 2. The largest absolute Gasteiger partial charge is 0.493 e. The molecule has 1 saturated carbocycles. The third-order valence-electron chi connectivity index (χ3n) is 6.61. The van der Waals surface area contributed by atoms with Crippen molar-refractivity contribution in [1.82, 2.24) is 19.5 Å². The molecule has 8 heteroatoms. The number of aromatic amines is 2. The molecule has 0 radical (unpaired) electrons. The highest BCUT2D eigenvalue weighted by Gasteiger charge is 2.33. The summed E-state index contributed by atoms with van der Waals surface area (Å²) in [5, 5.41) is 11.1. The van der Waals surface area contributed by atoms with Crippen LogP contribution in [0.25, 0.3) is 11.3 Å². The Morgan fingerprint density at radius 1 is 1.21 bits per heavy atom. The van der Waals surface area contributed by atoms with E-state index in [-0.39, 0.29) is 23.3 Å². The summed E-state index contributed by atoms with van der Waals surface area (Å²) in [7, 11) is 0. The molecule has 0 bridgehead atoms. The van der Waals surface area contributed by atoms with Crippen molar-refractivity contribution in [2.45, 2.75) is 45.1 Å². The number of aromatic nitrogens is 4. The number of aryl methyl sites for hydroxylation is 1. The molecule has 2 aromatic carbocycles. The van der Waals surface area contributed by atoms with E-state index in [0.29, 0.717) is 40.8 Å². The Balaban J connectivity index is 1.64. The van der Waals surface area contributed by atoms with Crippen LogP contribution in [0.1, 0.15) is 54.5 Å². The fourth-order valence-electron chi connectivity index (χ4n) is 4.59. The summed E-state index contributed by atoms with van der Waals surface area (Å²) in [5.74, 6) is 0.393. The maximum atomic E-state index is 14.8. The van der Waals surface area contributed by atoms with Crippen LogP contribution in [-0.4, -0.2) is 24.6 Å². The van der Waals surface area contributed by atoms with Gasteiger partial charge in [-0.05, 0) is 78.5 Å². The Kier molecular flexibility index (Phi) is 6.09. The molecule has 0 saturated heterocycles. The van der Waals surface area contributed by atoms with Gasteiger partial charge in [0.1, 0.15) is 17.7 Å². The van der Waals surface area contributed by atoms with Crippen LogP contribution in [0.2, 0.25) is 0 Å². The summed E-state index contributed by atoms with van der Waals surface area (Å²) < 4.78 is 17.0. The van der Waals surface area contributed by atoms with Gasteiger partial charge in [-0.1, -0.05) is 37.3 Å². The molecule has 2 heterocycles. The number of benzene rings is 2. The van der Waals surface area contributed by atoms with Gasteiger partial charge in [0.15, 0.2) is 0 Å². The minimum absolute atomic E-state index is 0.0549. The maximum Gasteiger partial charge on any atom is 0.329 e. The fraction of sp³-hybridized carbons (Fsp3) is 0.308. The van der Waals surface area contributed by atoms with E-state index in [0.717, 1.165) is 22.0 Å². The topological polar surface area (TPSA) is 86.7 Å². The van der Waals surface area contributed by atoms with Gasteiger partial charge in [-0.15, -0.1) is 0 Å². The lowest BCUT2D eigenvalue weighted by atomic mass is 9.92. The molecule has 0 aliphatic heterocycles. The van der Waals surface area contributed by atoms with Crippen molar-refractivity contribution in [1.29, 1.82) is 0 Å². The summed E-state index contributed by atoms with van der Waals surface area (Å²) in [6.07, 6.45) is 2.87. The van der Waals surface area contributed by atoms with E-state index in [1.165, 1.54) is 10.6 Å². The quantitative estimate of drug-likeness (QED) is 0.250. The fourth-order valence-corrected chi connectivity index (χ4v) is 5.04. The van der Waals surface area contributed by atoms with Crippen molar-refractivity contribution in [3.8, 4) is 17.1 Å². The van der Waals surface area contributed by atoms with Crippen molar-refractivity contribution < 1.29 is 9.50 Å². The Hall–Kier alpha value is -2.88. The van der Waals surface area contributed by atoms with Crippen molar-refractivity contribution in [3.05, 3.63) is 91.2 Å². The van der Waals surface area contributed by atoms with Crippen LogP contribution in [-0.2, 0) is 6.42 Å². The standard InChI is InChI=1S/C26H26FIN4O2/c1-14(17-6-4-3-5-7-17)23(32-25(33)21(30-26(32)34)12-16-8-9-16)24-29-15(2)22(31-24)19-11-10-18(28)13-20(19)27/h3-7,10-11,13-14,16,23,33H,8-9,12H2,1-2H3,(H,29,31)(H,30,34)/t14-,23-/m0/s1. The summed E-state index contributed by atoms with van der Waals surface area (Å²) >= 11 is 2.07. The smallest absolute Gasteiger partial charge is 0.329 e. The highest BCUT2D eigenvalue weighted by molar-refractivity contribution is 14.1. The van der Waals surface area contributed by atoms with E-state index in [4.69, 9.17) is 4.98 Å². The Morgan fingerprint density at radius 3 is 2.62 bits per heavy atom. The normalized spacial score (nSPS) is 15.4. The van der Waals surface area contributed by atoms with Gasteiger partial charge in [-0.3, -0.25) is 4.57 Å². The number of hydrogen-bond donors (Lipinski definition) is 3. The number of aromatic hydroxyl groups is 1. The zero-order valence-corrected chi connectivity index (χ0v) is 21.1. The Bertz CT molecular complexity index is 1390. The second kappa shape index (κ2) is 9.05. The van der Waals surface area contributed by atoms with Gasteiger partial charge in [0.25, 0.3) is 0 Å². The summed E-state index contributed by atoms with van der Waals surface area (Å²) in [6.45, 7) is 3.84. The van der Waals surface area contributed by atoms with Crippen LogP contribution in [0.4, 0.5) is 4.39 Å². The molecule has 1 aliphatic carbocycles. The molecule has 1 fully saturated rings. The lowest BCUT2D eigenvalue weighted by Gasteiger charge is -2.24. The van der Waals surface area contributed by atoms with E-state index in [1.807, 2.05) is 50.2 Å². The SMILES string of the molecule is Cc1[nH]c([C@H]([C@@H](C)c2ccccc2)n2c(O)c(CC3CC3)[nH]c2=O)nc1-c1ccc(I)cc1F. The summed E-state index contributed by atoms with van der Waals surface area (Å²) in [5.41, 5.74) is 2.77. The predicted molar refractivity (Wildman–Crippen MR) is 138 cm³/mol. The molecule has 2 atom stereocenters. The zero-order valence-electron chi connectivity index (χ0n) is 19.0. The van der Waals surface area contributed by atoms with E-state index >= 15 is 0 Å². The molecule has 0 unspecified atom stereocenters. The molecular formula is C26H26FIN4O2. The molecule has 176 valence electrons. The van der Waals surface area contributed by atoms with Crippen molar-refractivity contribution in [3.63, 3.8) is 0 Å². The first kappa shape index (κ1) is 22.9. The number of rotatable bonds is 7. The number of hydrogen-bond acceptors (Lipinski definition) is 3. The number of imidazole rings is 2. The van der Waals surface area contributed by atoms with E-state index in [9.17, 15) is 14.3 Å². The van der Waals surface area contributed by atoms with Crippen molar-refractivity contribution in [2.24, 2.45) is 5.92 Å². The van der Waals surface area contributed by atoms with Gasteiger partial charge in [0.2, 0.25) is 5.88 Å². The molecule has 3 N–H and O–H groups in total. The van der Waals surface area contributed by atoms with Gasteiger partial charge in [0.05, 0.1) is 11.4 Å². The van der Waals surface area contributed by atoms with Crippen molar-refractivity contribution in [2.75, 3.05) is 0 Å². The second-order valence-corrected chi connectivity index (χ2v) is 10.4. The second-order valence-electron chi connectivity index (χ2n) is 9.11. The third-order valence-corrected chi connectivity index (χ3v) is 7.28. The summed E-state index contributed by atoms with van der Waals surface area (Å²) in [6, 6.07) is 14.2. The molecule has 34 heavy (non-hydrogen) atoms. The van der Waals surface area contributed by atoms with E-state index in [2.05, 4.69) is 32.6 Å². The van der Waals surface area contributed by atoms with Crippen LogP contribution >= 0.6 is 22.6 Å². The molecule has 5 rings (SSSR count). The lowest BCUT2D eigenvalue weighted by Crippen LogP contribution is -2.27. The zero-order chi connectivity index (χ0) is 24.0. The molecule has 0 spiro atoms. The monoisotopic (exact) mass is 572 g/mol. The molecule has 4 aromatic rings. The number of nitrogens with zero attached hydrogens (tertiary/aromatic N) is 2. The summed E-state index contributed by atoms with van der Waals surface area (Å²) in [4.78, 5) is 24.0. The first-order valence-electron chi connectivity index (χ1n) is 11.4. The first-order valence-corrected chi connectivity index (χ1v) is 12.5. The molecular weight excluding hydrogens is 546 g/mol. The van der Waals surface area contributed by atoms with Gasteiger partial charge < -0.3 is 15.1 Å². The Morgan fingerprint density at radius 2 is 1.94 bits per heavy atom. The van der Waals surface area contributed by atoms with Gasteiger partial charge >= 0.3 is 5.69 Å². The lowest BCUT2D eigenvalue weighted by molar-refractivity contribution is 0.365. The predicted octanol–water partition coefficient (Wildman–Crippen LogP) is 5.67. The average molecular weight is 572 g/mol. The van der Waals surface area contributed by atoms with Crippen LogP contribution in [0, 0.1) is 22.2 Å². The number of halogens is 2. The molecule has 6 nitrogen and oxygen atoms in total. The minimum Gasteiger partial charge on any atom is -0.493 e. The van der Waals surface area contributed by atoms with Crippen LogP contribution < -0.4 is 5.69 Å². The Labute approximate surface area is 210 Å². The van der Waals surface area contributed by atoms with Gasteiger partial charge in [-0.2, -0.15) is 0 Å². The minimum atomic E-state index is -0.613. The maximum absolute atomic E-state index is 14.8. The third kappa shape index (κ3) is 4.31. The van der Waals surface area contributed by atoms with Gasteiger partial charge in [0, 0.05) is 20.7 Å². The van der Waals surface area contributed by atoms with E-state index < -0.39 is 6.04 Å². The van der Waals surface area contributed by atoms with Crippen molar-refractivity contribution >= 4 is 22.6 Å². The van der Waals surface area contributed by atoms with Crippen LogP contribution in [0.3, 0.4) is 0 Å². The number of nitrogens with one attached hydrogen (secondary N) is 2. The molecule has 1 aliphatic rings. The van der Waals surface area contributed by atoms with Crippen LogP contribution in [0.5, 0.6) is 5.88 Å². The molecule has 0 amide bonds. The molecule has 2 aromatic heterocycles. The van der Waals surface area contributed by atoms with E-state index in [1.54, 1.807) is 6.07 Å². The average Bonchev–Trinajstić information content (AvgIpc) is 3.50.